The molecule has 1 fully saturated rings. The van der Waals surface area contributed by atoms with E-state index < -0.39 is 69.9 Å². The second kappa shape index (κ2) is 14.1. The fourth-order valence-corrected chi connectivity index (χ4v) is 5.28. The van der Waals surface area contributed by atoms with Gasteiger partial charge in [0.15, 0.2) is 6.10 Å². The number of aliphatic hydroxyl groups excluding tert-OH is 1. The summed E-state index contributed by atoms with van der Waals surface area (Å²) in [4.78, 5) is 11.8. The number of halogens is 4. The second-order valence-electron chi connectivity index (χ2n) is 8.77. The van der Waals surface area contributed by atoms with Crippen molar-refractivity contribution in [2.45, 2.75) is 61.5 Å². The van der Waals surface area contributed by atoms with Crippen LogP contribution in [0.1, 0.15) is 25.3 Å². The summed E-state index contributed by atoms with van der Waals surface area (Å²) in [5.41, 5.74) is -1.13. The molecule has 0 amide bonds. The summed E-state index contributed by atoms with van der Waals surface area (Å²) in [6, 6.07) is 10.1. The molecular formula is C26H29F3INO8S. The first-order valence-electron chi connectivity index (χ1n) is 12.2. The Kier molecular flexibility index (Phi) is 11.4. The molecule has 0 bridgehead atoms. The predicted molar refractivity (Wildman–Crippen MR) is 146 cm³/mol. The Morgan fingerprint density at radius 1 is 1.20 bits per heavy atom. The first-order valence-corrected chi connectivity index (χ1v) is 14.8. The molecule has 0 radical (unpaired) electrons. The number of aliphatic hydroxyl groups is 1. The Hall–Kier alpha value is -2.24. The third kappa shape index (κ3) is 8.63. The van der Waals surface area contributed by atoms with Crippen LogP contribution in [0.2, 0.25) is 0 Å². The van der Waals surface area contributed by atoms with Gasteiger partial charge in [0.05, 0.1) is 17.1 Å². The van der Waals surface area contributed by atoms with Gasteiger partial charge in [-0.15, -0.1) is 6.58 Å². The molecule has 5 atom stereocenters. The number of carbonyl (C=O) groups excluding carboxylic acids is 1. The van der Waals surface area contributed by atoms with Crippen LogP contribution in [0.25, 0.3) is 0 Å². The molecule has 0 saturated carbocycles. The highest BCUT2D eigenvalue weighted by Crippen LogP contribution is 2.31. The minimum Gasteiger partial charge on any atom is -0.461 e. The van der Waals surface area contributed by atoms with Gasteiger partial charge in [-0.1, -0.05) is 19.1 Å². The molecule has 1 heterocycles. The van der Waals surface area contributed by atoms with E-state index in [4.69, 9.17) is 18.9 Å². The number of benzene rings is 2. The molecule has 0 aliphatic carbocycles. The van der Waals surface area contributed by atoms with Crippen LogP contribution in [0, 0.1) is 3.57 Å². The van der Waals surface area contributed by atoms with E-state index in [2.05, 4.69) is 33.9 Å². The molecule has 3 rings (SSSR count). The van der Waals surface area contributed by atoms with Gasteiger partial charge >= 0.3 is 12.1 Å². The molecule has 2 aromatic rings. The van der Waals surface area contributed by atoms with Crippen molar-refractivity contribution in [2.24, 2.45) is 0 Å². The van der Waals surface area contributed by atoms with E-state index in [1.165, 1.54) is 6.08 Å². The van der Waals surface area contributed by atoms with Gasteiger partial charge < -0.3 is 24.1 Å². The van der Waals surface area contributed by atoms with Gasteiger partial charge in [0.2, 0.25) is 16.3 Å². The summed E-state index contributed by atoms with van der Waals surface area (Å²) < 4.78 is 91.2. The van der Waals surface area contributed by atoms with E-state index in [0.29, 0.717) is 18.2 Å². The summed E-state index contributed by atoms with van der Waals surface area (Å²) in [6.07, 6.45) is -9.38. The number of hydrogen-bond donors (Lipinski definition) is 2. The van der Waals surface area contributed by atoms with Gasteiger partial charge in [0.1, 0.15) is 24.1 Å². The minimum atomic E-state index is -4.74. The van der Waals surface area contributed by atoms with Crippen LogP contribution in [0.15, 0.2) is 66.1 Å². The molecule has 40 heavy (non-hydrogen) atoms. The number of alkyl halides is 3. The van der Waals surface area contributed by atoms with E-state index >= 15 is 0 Å². The van der Waals surface area contributed by atoms with Crippen molar-refractivity contribution in [3.8, 4) is 5.75 Å². The van der Waals surface area contributed by atoms with Crippen LogP contribution in [-0.2, 0) is 35.2 Å². The van der Waals surface area contributed by atoms with Crippen molar-refractivity contribution in [2.75, 3.05) is 13.2 Å². The molecule has 14 heteroatoms. The molecule has 2 aromatic carbocycles. The van der Waals surface area contributed by atoms with Crippen LogP contribution in [-0.4, -0.2) is 63.4 Å². The molecule has 0 spiro atoms. The minimum absolute atomic E-state index is 0.0531. The third-order valence-electron chi connectivity index (χ3n) is 5.76. The largest absolute Gasteiger partial charge is 0.461 e. The highest BCUT2D eigenvalue weighted by Gasteiger charge is 2.49. The summed E-state index contributed by atoms with van der Waals surface area (Å²) in [5, 5.41) is 11.1. The number of esters is 1. The van der Waals surface area contributed by atoms with Crippen molar-refractivity contribution in [1.29, 1.82) is 0 Å². The summed E-state index contributed by atoms with van der Waals surface area (Å²) in [7, 11) is -4.45. The number of carbonyl (C=O) groups is 1. The van der Waals surface area contributed by atoms with Crippen molar-refractivity contribution in [3.63, 3.8) is 0 Å². The van der Waals surface area contributed by atoms with Crippen molar-refractivity contribution in [3.05, 3.63) is 70.3 Å². The van der Waals surface area contributed by atoms with Crippen LogP contribution >= 0.6 is 22.6 Å². The third-order valence-corrected chi connectivity index (χ3v) is 7.90. The standard InChI is InChI=1S/C26H29F3INO8S/c1-3-6-21(32)39-24-23(36-13-4-2)22(33)20(38-25(24)37-18-11-9-17(30)10-12-18)15-31-40(34,35)19-8-5-7-16(14-19)26(27,28)29/h4-5,7-12,14,20,22-25,31,33H,2-3,6,13,15H2,1H3/t20-,22-,23+,24-,25-/m1/s1. The summed E-state index contributed by atoms with van der Waals surface area (Å²) >= 11 is 2.10. The molecule has 9 nitrogen and oxygen atoms in total. The Balaban J connectivity index is 1.88. The molecule has 1 saturated heterocycles. The highest BCUT2D eigenvalue weighted by molar-refractivity contribution is 14.1. The number of hydrogen-bond acceptors (Lipinski definition) is 8. The molecule has 220 valence electrons. The van der Waals surface area contributed by atoms with Gasteiger partial charge in [-0.2, -0.15) is 13.2 Å². The molecule has 1 aliphatic rings. The number of nitrogens with one attached hydrogen (secondary N) is 1. The molecule has 1 aliphatic heterocycles. The lowest BCUT2D eigenvalue weighted by molar-refractivity contribution is -0.282. The van der Waals surface area contributed by atoms with Gasteiger partial charge in [-0.3, -0.25) is 4.79 Å². The Morgan fingerprint density at radius 2 is 1.90 bits per heavy atom. The lowest BCUT2D eigenvalue weighted by Crippen LogP contribution is -2.63. The van der Waals surface area contributed by atoms with E-state index in [-0.39, 0.29) is 13.0 Å². The fraction of sp³-hybridized carbons (Fsp3) is 0.423. The zero-order chi connectivity index (χ0) is 29.5. The molecule has 0 aromatic heterocycles. The lowest BCUT2D eigenvalue weighted by Gasteiger charge is -2.43. The van der Waals surface area contributed by atoms with Crippen LogP contribution in [0.3, 0.4) is 0 Å². The summed E-state index contributed by atoms with van der Waals surface area (Å²) in [5.74, 6) is -0.250. The predicted octanol–water partition coefficient (Wildman–Crippen LogP) is 4.04. The fourth-order valence-electron chi connectivity index (χ4n) is 3.83. The SMILES string of the molecule is C=CCO[C@H]1[C@H](O)[C@@H](CNS(=O)(=O)c2cccc(C(F)(F)F)c2)O[C@@H](Oc2ccc(I)cc2)[C@@H]1OC(=O)CCC. The van der Waals surface area contributed by atoms with Gasteiger partial charge in [0, 0.05) is 16.5 Å². The van der Waals surface area contributed by atoms with Gasteiger partial charge in [-0.05, 0) is 71.5 Å². The van der Waals surface area contributed by atoms with E-state index in [1.807, 2.05) is 0 Å². The van der Waals surface area contributed by atoms with Crippen molar-refractivity contribution >= 4 is 38.6 Å². The maximum atomic E-state index is 13.1. The zero-order valence-corrected chi connectivity index (χ0v) is 24.3. The van der Waals surface area contributed by atoms with Crippen LogP contribution < -0.4 is 9.46 Å². The van der Waals surface area contributed by atoms with E-state index in [9.17, 15) is 31.5 Å². The summed E-state index contributed by atoms with van der Waals surface area (Å²) in [6.45, 7) is 4.75. The second-order valence-corrected chi connectivity index (χ2v) is 11.8. The lowest BCUT2D eigenvalue weighted by atomic mass is 9.98. The maximum absolute atomic E-state index is 13.1. The van der Waals surface area contributed by atoms with E-state index in [1.54, 1.807) is 31.2 Å². The van der Waals surface area contributed by atoms with Crippen molar-refractivity contribution in [1.82, 2.24) is 4.72 Å². The van der Waals surface area contributed by atoms with Gasteiger partial charge in [-0.25, -0.2) is 13.1 Å². The molecule has 2 N–H and O–H groups in total. The Labute approximate surface area is 243 Å². The zero-order valence-electron chi connectivity index (χ0n) is 21.3. The van der Waals surface area contributed by atoms with Crippen LogP contribution in [0.5, 0.6) is 5.75 Å². The van der Waals surface area contributed by atoms with Crippen LogP contribution in [0.4, 0.5) is 13.2 Å². The quantitative estimate of drug-likeness (QED) is 0.194. The molecule has 0 unspecified atom stereocenters. The van der Waals surface area contributed by atoms with E-state index in [0.717, 1.165) is 21.8 Å². The number of sulfonamides is 1. The first-order chi connectivity index (χ1) is 18.9. The topological polar surface area (TPSA) is 120 Å². The Morgan fingerprint density at radius 3 is 2.52 bits per heavy atom. The maximum Gasteiger partial charge on any atom is 0.416 e. The average molecular weight is 699 g/mol. The average Bonchev–Trinajstić information content (AvgIpc) is 2.90. The number of ether oxygens (including phenoxy) is 4. The monoisotopic (exact) mass is 699 g/mol. The number of rotatable bonds is 12. The highest BCUT2D eigenvalue weighted by atomic mass is 127. The normalized spacial score (nSPS) is 23.4. The first kappa shape index (κ1) is 32.3. The smallest absolute Gasteiger partial charge is 0.416 e. The Bertz CT molecular complexity index is 1260. The molecular weight excluding hydrogens is 670 g/mol. The van der Waals surface area contributed by atoms with Crippen molar-refractivity contribution < 1.29 is 50.4 Å². The van der Waals surface area contributed by atoms with Gasteiger partial charge in [0.25, 0.3) is 0 Å².